The molecule has 1 heterocycles. The Labute approximate surface area is 131 Å². The molecule has 1 unspecified atom stereocenters. The van der Waals surface area contributed by atoms with Gasteiger partial charge in [-0.1, -0.05) is 24.6 Å². The predicted octanol–water partition coefficient (Wildman–Crippen LogP) is 2.35. The standard InChI is InChI=1S/C16H23ClN2O2/c1-12(16(20)19-9-7-18-8-10-19)3-4-13-5-6-14(21-2)11-15(13)17/h5-6,11-12,18H,3-4,7-10H2,1-2H3. The van der Waals surface area contributed by atoms with Crippen LogP contribution in [0.1, 0.15) is 18.9 Å². The van der Waals surface area contributed by atoms with Crippen molar-refractivity contribution in [3.8, 4) is 5.75 Å². The first-order valence-electron chi connectivity index (χ1n) is 7.43. The summed E-state index contributed by atoms with van der Waals surface area (Å²) in [6.45, 7) is 5.41. The van der Waals surface area contributed by atoms with Crippen molar-refractivity contribution in [3.05, 3.63) is 28.8 Å². The van der Waals surface area contributed by atoms with Crippen LogP contribution in [-0.2, 0) is 11.2 Å². The van der Waals surface area contributed by atoms with Gasteiger partial charge in [0, 0.05) is 37.1 Å². The van der Waals surface area contributed by atoms with Crippen LogP contribution in [0.15, 0.2) is 18.2 Å². The van der Waals surface area contributed by atoms with Crippen molar-refractivity contribution in [2.45, 2.75) is 19.8 Å². The molecule has 21 heavy (non-hydrogen) atoms. The molecule has 1 aromatic rings. The predicted molar refractivity (Wildman–Crippen MR) is 84.9 cm³/mol. The number of carbonyl (C=O) groups excluding carboxylic acids is 1. The summed E-state index contributed by atoms with van der Waals surface area (Å²) in [7, 11) is 1.62. The number of amides is 1. The lowest BCUT2D eigenvalue weighted by molar-refractivity contribution is -0.135. The molecule has 0 bridgehead atoms. The third-order valence-corrected chi connectivity index (χ3v) is 4.31. The van der Waals surface area contributed by atoms with Gasteiger partial charge in [0.15, 0.2) is 0 Å². The third-order valence-electron chi connectivity index (χ3n) is 3.96. The van der Waals surface area contributed by atoms with Gasteiger partial charge >= 0.3 is 0 Å². The van der Waals surface area contributed by atoms with Gasteiger partial charge in [0.05, 0.1) is 7.11 Å². The number of halogens is 1. The fourth-order valence-corrected chi connectivity index (χ4v) is 2.82. The second kappa shape index (κ2) is 7.66. The maximum Gasteiger partial charge on any atom is 0.225 e. The zero-order valence-corrected chi connectivity index (χ0v) is 13.4. The highest BCUT2D eigenvalue weighted by Crippen LogP contribution is 2.24. The zero-order valence-electron chi connectivity index (χ0n) is 12.7. The van der Waals surface area contributed by atoms with Crippen LogP contribution >= 0.6 is 11.6 Å². The molecule has 2 rings (SSSR count). The van der Waals surface area contributed by atoms with Crippen molar-refractivity contribution in [1.82, 2.24) is 10.2 Å². The fourth-order valence-electron chi connectivity index (χ4n) is 2.55. The normalized spacial score (nSPS) is 16.6. The van der Waals surface area contributed by atoms with E-state index < -0.39 is 0 Å². The molecule has 0 spiro atoms. The van der Waals surface area contributed by atoms with E-state index in [4.69, 9.17) is 16.3 Å². The number of benzene rings is 1. The first-order chi connectivity index (χ1) is 10.1. The van der Waals surface area contributed by atoms with Gasteiger partial charge in [-0.3, -0.25) is 4.79 Å². The largest absolute Gasteiger partial charge is 0.497 e. The number of hydrogen-bond acceptors (Lipinski definition) is 3. The van der Waals surface area contributed by atoms with Gasteiger partial charge in [-0.05, 0) is 30.5 Å². The summed E-state index contributed by atoms with van der Waals surface area (Å²) in [6, 6.07) is 5.70. The molecule has 0 saturated carbocycles. The van der Waals surface area contributed by atoms with Crippen LogP contribution in [0.3, 0.4) is 0 Å². The van der Waals surface area contributed by atoms with Crippen molar-refractivity contribution in [3.63, 3.8) is 0 Å². The van der Waals surface area contributed by atoms with E-state index in [2.05, 4.69) is 5.32 Å². The maximum absolute atomic E-state index is 12.3. The highest BCUT2D eigenvalue weighted by atomic mass is 35.5. The molecular formula is C16H23ClN2O2. The van der Waals surface area contributed by atoms with Crippen LogP contribution in [-0.4, -0.2) is 44.1 Å². The first kappa shape index (κ1) is 16.1. The second-order valence-electron chi connectivity index (χ2n) is 5.47. The summed E-state index contributed by atoms with van der Waals surface area (Å²) < 4.78 is 5.14. The van der Waals surface area contributed by atoms with E-state index in [1.807, 2.05) is 30.0 Å². The summed E-state index contributed by atoms with van der Waals surface area (Å²) in [4.78, 5) is 14.3. The van der Waals surface area contributed by atoms with Gasteiger partial charge < -0.3 is 15.0 Å². The number of piperazine rings is 1. The lowest BCUT2D eigenvalue weighted by Gasteiger charge is -2.29. The topological polar surface area (TPSA) is 41.6 Å². The Kier molecular flexibility index (Phi) is 5.88. The monoisotopic (exact) mass is 310 g/mol. The Morgan fingerprint density at radius 2 is 2.14 bits per heavy atom. The van der Waals surface area contributed by atoms with Crippen LogP contribution in [0.5, 0.6) is 5.75 Å². The molecule has 0 radical (unpaired) electrons. The summed E-state index contributed by atoms with van der Waals surface area (Å²) >= 11 is 6.24. The average molecular weight is 311 g/mol. The molecule has 1 atom stereocenters. The van der Waals surface area contributed by atoms with E-state index in [-0.39, 0.29) is 11.8 Å². The summed E-state index contributed by atoms with van der Waals surface area (Å²) in [5.41, 5.74) is 1.07. The molecule has 1 saturated heterocycles. The summed E-state index contributed by atoms with van der Waals surface area (Å²) in [6.07, 6.45) is 1.62. The maximum atomic E-state index is 12.3. The van der Waals surface area contributed by atoms with Gasteiger partial charge in [-0.2, -0.15) is 0 Å². The SMILES string of the molecule is COc1ccc(CCC(C)C(=O)N2CCNCC2)c(Cl)c1. The van der Waals surface area contributed by atoms with Crippen molar-refractivity contribution in [2.24, 2.45) is 5.92 Å². The van der Waals surface area contributed by atoms with Crippen molar-refractivity contribution >= 4 is 17.5 Å². The Hall–Kier alpha value is -1.26. The van der Waals surface area contributed by atoms with Crippen molar-refractivity contribution in [1.29, 1.82) is 0 Å². The number of rotatable bonds is 5. The van der Waals surface area contributed by atoms with Crippen LogP contribution in [0, 0.1) is 5.92 Å². The van der Waals surface area contributed by atoms with Gasteiger partial charge in [0.2, 0.25) is 5.91 Å². The van der Waals surface area contributed by atoms with E-state index >= 15 is 0 Å². The van der Waals surface area contributed by atoms with Crippen LogP contribution < -0.4 is 10.1 Å². The van der Waals surface area contributed by atoms with Gasteiger partial charge in [-0.25, -0.2) is 0 Å². The highest BCUT2D eigenvalue weighted by molar-refractivity contribution is 6.31. The Morgan fingerprint density at radius 1 is 1.43 bits per heavy atom. The number of ether oxygens (including phenoxy) is 1. The number of aryl methyl sites for hydroxylation is 1. The van der Waals surface area contributed by atoms with Gasteiger partial charge in [0.1, 0.15) is 5.75 Å². The number of methoxy groups -OCH3 is 1. The summed E-state index contributed by atoms with van der Waals surface area (Å²) in [5, 5.41) is 3.97. The third kappa shape index (κ3) is 4.35. The first-order valence-corrected chi connectivity index (χ1v) is 7.81. The van der Waals surface area contributed by atoms with E-state index in [1.165, 1.54) is 0 Å². The molecule has 1 aliphatic rings. The van der Waals surface area contributed by atoms with Gasteiger partial charge in [0.25, 0.3) is 0 Å². The fraction of sp³-hybridized carbons (Fsp3) is 0.562. The van der Waals surface area contributed by atoms with Crippen LogP contribution in [0.4, 0.5) is 0 Å². The van der Waals surface area contributed by atoms with Crippen molar-refractivity contribution < 1.29 is 9.53 Å². The summed E-state index contributed by atoms with van der Waals surface area (Å²) in [5.74, 6) is 1.04. The Bertz CT molecular complexity index is 487. The molecule has 0 aliphatic carbocycles. The molecule has 5 heteroatoms. The minimum absolute atomic E-state index is 0.0290. The quantitative estimate of drug-likeness (QED) is 0.907. The zero-order chi connectivity index (χ0) is 15.2. The molecule has 1 aromatic carbocycles. The van der Waals surface area contributed by atoms with Crippen LogP contribution in [0.2, 0.25) is 5.02 Å². The van der Waals surface area contributed by atoms with E-state index in [1.54, 1.807) is 7.11 Å². The van der Waals surface area contributed by atoms with Crippen molar-refractivity contribution in [2.75, 3.05) is 33.3 Å². The van der Waals surface area contributed by atoms with E-state index in [9.17, 15) is 4.79 Å². The molecule has 4 nitrogen and oxygen atoms in total. The molecule has 1 N–H and O–H groups in total. The Morgan fingerprint density at radius 3 is 2.76 bits per heavy atom. The highest BCUT2D eigenvalue weighted by Gasteiger charge is 2.21. The lowest BCUT2D eigenvalue weighted by Crippen LogP contribution is -2.48. The molecular weight excluding hydrogens is 288 g/mol. The number of carbonyl (C=O) groups is 1. The minimum Gasteiger partial charge on any atom is -0.497 e. The molecule has 0 aromatic heterocycles. The number of hydrogen-bond donors (Lipinski definition) is 1. The minimum atomic E-state index is 0.0290. The molecule has 116 valence electrons. The Balaban J connectivity index is 1.88. The van der Waals surface area contributed by atoms with E-state index in [0.717, 1.165) is 50.3 Å². The lowest BCUT2D eigenvalue weighted by atomic mass is 9.99. The van der Waals surface area contributed by atoms with Crippen LogP contribution in [0.25, 0.3) is 0 Å². The molecule has 1 amide bonds. The molecule has 1 aliphatic heterocycles. The second-order valence-corrected chi connectivity index (χ2v) is 5.88. The average Bonchev–Trinajstić information content (AvgIpc) is 2.53. The molecule has 1 fully saturated rings. The smallest absolute Gasteiger partial charge is 0.225 e. The van der Waals surface area contributed by atoms with Gasteiger partial charge in [-0.15, -0.1) is 0 Å². The number of nitrogens with zero attached hydrogens (tertiary/aromatic N) is 1. The van der Waals surface area contributed by atoms with E-state index in [0.29, 0.717) is 5.02 Å². The number of nitrogens with one attached hydrogen (secondary N) is 1.